The van der Waals surface area contributed by atoms with E-state index in [2.05, 4.69) is 0 Å². The Morgan fingerprint density at radius 1 is 1.29 bits per heavy atom. The zero-order valence-electron chi connectivity index (χ0n) is 7.25. The molecule has 0 atom stereocenters. The molecule has 1 aromatic carbocycles. The Balaban J connectivity index is 2.59. The summed E-state index contributed by atoms with van der Waals surface area (Å²) in [4.78, 5) is 11.0. The normalized spacial score (nSPS) is 9.86. The largest absolute Gasteiger partial charge is 0.488 e. The third kappa shape index (κ3) is 3.41. The lowest BCUT2D eigenvalue weighted by Crippen LogP contribution is -2.29. The number of rotatable bonds is 4. The van der Waals surface area contributed by atoms with Crippen LogP contribution in [0.4, 0.5) is 0 Å². The van der Waals surface area contributed by atoms with Gasteiger partial charge in [0.05, 0.1) is 5.75 Å². The molecule has 3 N–H and O–H groups in total. The maximum atomic E-state index is 10.2. The van der Waals surface area contributed by atoms with E-state index in [0.717, 1.165) is 4.90 Å². The molecule has 0 radical (unpaired) electrons. The topological polar surface area (TPSA) is 77.8 Å². The lowest BCUT2D eigenvalue weighted by atomic mass is 9.81. The Morgan fingerprint density at radius 3 is 2.29 bits per heavy atom. The van der Waals surface area contributed by atoms with E-state index >= 15 is 0 Å². The summed E-state index contributed by atoms with van der Waals surface area (Å²) in [7, 11) is -1.48. The number of aliphatic carboxylic acids is 1. The van der Waals surface area contributed by atoms with E-state index in [1.54, 1.807) is 24.3 Å². The predicted octanol–water partition coefficient (Wildman–Crippen LogP) is -0.457. The van der Waals surface area contributed by atoms with Gasteiger partial charge in [0.1, 0.15) is 0 Å². The highest BCUT2D eigenvalue weighted by Crippen LogP contribution is 2.15. The molecule has 0 saturated heterocycles. The second kappa shape index (κ2) is 5.04. The van der Waals surface area contributed by atoms with E-state index in [1.807, 2.05) is 0 Å². The number of benzene rings is 1. The zero-order chi connectivity index (χ0) is 10.6. The number of thioether (sulfide) groups is 1. The van der Waals surface area contributed by atoms with Crippen LogP contribution in [0.25, 0.3) is 0 Å². The summed E-state index contributed by atoms with van der Waals surface area (Å²) < 4.78 is 0. The van der Waals surface area contributed by atoms with Crippen molar-refractivity contribution in [3.8, 4) is 0 Å². The predicted molar refractivity (Wildman–Crippen MR) is 54.6 cm³/mol. The first-order valence-corrected chi connectivity index (χ1v) is 4.89. The SMILES string of the molecule is O=C(O)CSc1ccc(B(O)O)cc1. The monoisotopic (exact) mass is 212 g/mol. The summed E-state index contributed by atoms with van der Waals surface area (Å²) in [6.45, 7) is 0. The molecule has 1 rings (SSSR count). The van der Waals surface area contributed by atoms with Crippen molar-refractivity contribution in [2.45, 2.75) is 4.90 Å². The van der Waals surface area contributed by atoms with Crippen LogP contribution in [0.2, 0.25) is 0 Å². The summed E-state index contributed by atoms with van der Waals surface area (Å²) in [6, 6.07) is 6.41. The highest BCUT2D eigenvalue weighted by Gasteiger charge is 2.09. The highest BCUT2D eigenvalue weighted by atomic mass is 32.2. The van der Waals surface area contributed by atoms with Gasteiger partial charge in [0.25, 0.3) is 0 Å². The van der Waals surface area contributed by atoms with E-state index in [-0.39, 0.29) is 5.75 Å². The molecule has 0 bridgehead atoms. The highest BCUT2D eigenvalue weighted by molar-refractivity contribution is 8.00. The molecule has 6 heteroatoms. The molecular formula is C8H9BO4S. The number of carboxylic acid groups (broad SMARTS) is 1. The fourth-order valence-electron chi connectivity index (χ4n) is 0.881. The molecule has 0 saturated carbocycles. The number of hydrogen-bond acceptors (Lipinski definition) is 4. The van der Waals surface area contributed by atoms with Gasteiger partial charge in [0.2, 0.25) is 0 Å². The summed E-state index contributed by atoms with van der Waals surface area (Å²) in [5.41, 5.74) is 0.393. The second-order valence-corrected chi connectivity index (χ2v) is 3.67. The average molecular weight is 212 g/mol. The molecule has 0 aliphatic carbocycles. The minimum absolute atomic E-state index is 0.00102. The summed E-state index contributed by atoms with van der Waals surface area (Å²) >= 11 is 1.19. The Morgan fingerprint density at radius 2 is 1.86 bits per heavy atom. The molecule has 0 unspecified atom stereocenters. The van der Waals surface area contributed by atoms with Crippen molar-refractivity contribution < 1.29 is 19.9 Å². The van der Waals surface area contributed by atoms with Crippen LogP contribution in [0.5, 0.6) is 0 Å². The summed E-state index contributed by atoms with van der Waals surface area (Å²) in [5, 5.41) is 26.0. The van der Waals surface area contributed by atoms with Gasteiger partial charge in [-0.3, -0.25) is 4.79 Å². The van der Waals surface area contributed by atoms with E-state index in [4.69, 9.17) is 15.2 Å². The Bertz CT molecular complexity index is 312. The Hall–Kier alpha value is -0.975. The van der Waals surface area contributed by atoms with Crippen molar-refractivity contribution in [2.75, 3.05) is 5.75 Å². The third-order valence-electron chi connectivity index (χ3n) is 1.54. The van der Waals surface area contributed by atoms with Gasteiger partial charge in [-0.15, -0.1) is 11.8 Å². The molecule has 0 aromatic heterocycles. The molecule has 0 amide bonds. The molecule has 1 aromatic rings. The van der Waals surface area contributed by atoms with Gasteiger partial charge in [-0.25, -0.2) is 0 Å². The van der Waals surface area contributed by atoms with Crippen molar-refractivity contribution in [2.24, 2.45) is 0 Å². The first kappa shape index (κ1) is 11.1. The molecule has 0 heterocycles. The fraction of sp³-hybridized carbons (Fsp3) is 0.125. The molecular weight excluding hydrogens is 203 g/mol. The quantitative estimate of drug-likeness (QED) is 0.465. The molecule has 74 valence electrons. The zero-order valence-corrected chi connectivity index (χ0v) is 8.07. The number of carbonyl (C=O) groups is 1. The Kier molecular flexibility index (Phi) is 4.00. The molecule has 14 heavy (non-hydrogen) atoms. The smallest absolute Gasteiger partial charge is 0.481 e. The molecule has 0 fully saturated rings. The van der Waals surface area contributed by atoms with Crippen molar-refractivity contribution >= 4 is 30.3 Å². The van der Waals surface area contributed by atoms with Gasteiger partial charge in [-0.2, -0.15) is 0 Å². The van der Waals surface area contributed by atoms with Crippen LogP contribution in [-0.2, 0) is 4.79 Å². The third-order valence-corrected chi connectivity index (χ3v) is 2.54. The summed E-state index contributed by atoms with van der Waals surface area (Å²) in [6.07, 6.45) is 0. The fourth-order valence-corrected chi connectivity index (χ4v) is 1.50. The van der Waals surface area contributed by atoms with Crippen molar-refractivity contribution in [1.82, 2.24) is 0 Å². The van der Waals surface area contributed by atoms with Crippen LogP contribution in [0.3, 0.4) is 0 Å². The van der Waals surface area contributed by atoms with Crippen molar-refractivity contribution in [3.05, 3.63) is 24.3 Å². The minimum Gasteiger partial charge on any atom is -0.481 e. The maximum Gasteiger partial charge on any atom is 0.488 e. The second-order valence-electron chi connectivity index (χ2n) is 2.63. The molecule has 0 aliphatic heterocycles. The molecule has 4 nitrogen and oxygen atoms in total. The number of carboxylic acids is 1. The first-order chi connectivity index (χ1) is 6.59. The maximum absolute atomic E-state index is 10.2. The van der Waals surface area contributed by atoms with Crippen LogP contribution in [0, 0.1) is 0 Å². The van der Waals surface area contributed by atoms with E-state index < -0.39 is 13.1 Å². The van der Waals surface area contributed by atoms with Crippen molar-refractivity contribution in [3.63, 3.8) is 0 Å². The lowest BCUT2D eigenvalue weighted by molar-refractivity contribution is -0.133. The van der Waals surface area contributed by atoms with Crippen LogP contribution < -0.4 is 5.46 Å². The Labute approximate surface area is 85.7 Å². The van der Waals surface area contributed by atoms with E-state index in [1.165, 1.54) is 11.8 Å². The summed E-state index contributed by atoms with van der Waals surface area (Å²) in [5.74, 6) is -0.873. The van der Waals surface area contributed by atoms with E-state index in [9.17, 15) is 4.79 Å². The van der Waals surface area contributed by atoms with Gasteiger partial charge in [0, 0.05) is 4.90 Å². The van der Waals surface area contributed by atoms with Gasteiger partial charge in [-0.05, 0) is 17.6 Å². The average Bonchev–Trinajstić information content (AvgIpc) is 2.15. The van der Waals surface area contributed by atoms with Crippen LogP contribution in [-0.4, -0.2) is 34.0 Å². The van der Waals surface area contributed by atoms with Gasteiger partial charge in [-0.1, -0.05) is 12.1 Å². The van der Waals surface area contributed by atoms with Crippen molar-refractivity contribution in [1.29, 1.82) is 0 Å². The molecule has 0 spiro atoms. The van der Waals surface area contributed by atoms with Crippen LogP contribution in [0.1, 0.15) is 0 Å². The van der Waals surface area contributed by atoms with Gasteiger partial charge < -0.3 is 15.2 Å². The number of hydrogen-bond donors (Lipinski definition) is 3. The minimum atomic E-state index is -1.48. The van der Waals surface area contributed by atoms with Crippen LogP contribution in [0.15, 0.2) is 29.2 Å². The van der Waals surface area contributed by atoms with Gasteiger partial charge >= 0.3 is 13.1 Å². The lowest BCUT2D eigenvalue weighted by Gasteiger charge is -2.01. The van der Waals surface area contributed by atoms with E-state index in [0.29, 0.717) is 5.46 Å². The molecule has 0 aliphatic rings. The van der Waals surface area contributed by atoms with Crippen LogP contribution >= 0.6 is 11.8 Å². The first-order valence-electron chi connectivity index (χ1n) is 3.90. The standard InChI is InChI=1S/C8H9BO4S/c10-8(11)5-14-7-3-1-6(2-4-7)9(12)13/h1-4,12-13H,5H2,(H,10,11). The van der Waals surface area contributed by atoms with Gasteiger partial charge in [0.15, 0.2) is 0 Å².